The van der Waals surface area contributed by atoms with Gasteiger partial charge in [0.05, 0.1) is 12.3 Å². The van der Waals surface area contributed by atoms with Crippen LogP contribution in [0.4, 0.5) is 0 Å². The van der Waals surface area contributed by atoms with Gasteiger partial charge in [-0.2, -0.15) is 0 Å². The minimum atomic E-state index is -1.02. The molecule has 7 heteroatoms. The predicted molar refractivity (Wildman–Crippen MR) is 108 cm³/mol. The predicted octanol–water partition coefficient (Wildman–Crippen LogP) is 2.40. The summed E-state index contributed by atoms with van der Waals surface area (Å²) in [5.74, 6) is -0.428. The number of oxazole rings is 1. The minimum absolute atomic E-state index is 0.172. The summed E-state index contributed by atoms with van der Waals surface area (Å²) in [6.07, 6.45) is 0.778. The number of aromatic nitrogens is 1. The standard InChI is InChI=1S/C22H23N3O4/c1-14-19(25-22(29-14)16-5-3-2-4-6-16)11-12-28-17-9-7-15(8-10-17)13-18(20(23)26)21(24)27/h2-10,18H,11-13H2,1H3,(H2,23,26)(H2,24,27). The van der Waals surface area contributed by atoms with Crippen molar-refractivity contribution in [3.63, 3.8) is 0 Å². The van der Waals surface area contributed by atoms with E-state index in [4.69, 9.17) is 20.6 Å². The SMILES string of the molecule is Cc1oc(-c2ccccc2)nc1CCOc1ccc(CC(C(N)=O)C(N)=O)cc1. The molecule has 1 heterocycles. The molecule has 2 aromatic carbocycles. The van der Waals surface area contributed by atoms with Crippen LogP contribution in [-0.4, -0.2) is 23.4 Å². The molecule has 3 aromatic rings. The Bertz CT molecular complexity index is 967. The fourth-order valence-corrected chi connectivity index (χ4v) is 2.93. The summed E-state index contributed by atoms with van der Waals surface area (Å²) in [5, 5.41) is 0. The summed E-state index contributed by atoms with van der Waals surface area (Å²) in [5.41, 5.74) is 13.0. The van der Waals surface area contributed by atoms with Gasteiger partial charge in [-0.15, -0.1) is 0 Å². The second-order valence-corrected chi connectivity index (χ2v) is 6.69. The van der Waals surface area contributed by atoms with E-state index in [1.165, 1.54) is 0 Å². The second kappa shape index (κ2) is 9.05. The van der Waals surface area contributed by atoms with Gasteiger partial charge in [-0.3, -0.25) is 9.59 Å². The normalized spacial score (nSPS) is 10.8. The Hall–Kier alpha value is -3.61. The molecule has 0 saturated carbocycles. The van der Waals surface area contributed by atoms with Crippen LogP contribution in [0.3, 0.4) is 0 Å². The molecule has 7 nitrogen and oxygen atoms in total. The first-order valence-corrected chi connectivity index (χ1v) is 9.26. The molecular weight excluding hydrogens is 370 g/mol. The third kappa shape index (κ3) is 5.22. The Morgan fingerprint density at radius 2 is 1.69 bits per heavy atom. The van der Waals surface area contributed by atoms with Crippen LogP contribution in [0.25, 0.3) is 11.5 Å². The van der Waals surface area contributed by atoms with Crippen molar-refractivity contribution in [2.75, 3.05) is 6.61 Å². The third-order valence-electron chi connectivity index (χ3n) is 4.57. The highest BCUT2D eigenvalue weighted by Crippen LogP contribution is 2.22. The maximum absolute atomic E-state index is 11.3. The number of benzene rings is 2. The number of nitrogens with zero attached hydrogens (tertiary/aromatic N) is 1. The molecule has 0 fully saturated rings. The molecule has 0 radical (unpaired) electrons. The number of rotatable bonds is 9. The summed E-state index contributed by atoms with van der Waals surface area (Å²) in [4.78, 5) is 27.1. The van der Waals surface area contributed by atoms with Crippen molar-refractivity contribution in [3.05, 3.63) is 71.6 Å². The number of hydrogen-bond donors (Lipinski definition) is 2. The Labute approximate surface area is 168 Å². The lowest BCUT2D eigenvalue weighted by molar-refractivity contribution is -0.131. The number of nitrogens with two attached hydrogens (primary N) is 2. The van der Waals surface area contributed by atoms with Crippen molar-refractivity contribution in [1.82, 2.24) is 4.98 Å². The van der Waals surface area contributed by atoms with Gasteiger partial charge in [-0.25, -0.2) is 4.98 Å². The van der Waals surface area contributed by atoms with Crippen molar-refractivity contribution in [3.8, 4) is 17.2 Å². The number of ether oxygens (including phenoxy) is 1. The number of primary amides is 2. The number of amides is 2. The summed E-state index contributed by atoms with van der Waals surface area (Å²) in [7, 11) is 0. The first-order valence-electron chi connectivity index (χ1n) is 9.26. The smallest absolute Gasteiger partial charge is 0.230 e. The van der Waals surface area contributed by atoms with Gasteiger partial charge in [0.25, 0.3) is 0 Å². The lowest BCUT2D eigenvalue weighted by Gasteiger charge is -2.10. The summed E-state index contributed by atoms with van der Waals surface area (Å²) in [6, 6.07) is 16.8. The molecule has 150 valence electrons. The topological polar surface area (TPSA) is 121 Å². The quantitative estimate of drug-likeness (QED) is 0.541. The van der Waals surface area contributed by atoms with E-state index in [1.807, 2.05) is 37.3 Å². The van der Waals surface area contributed by atoms with Crippen molar-refractivity contribution in [1.29, 1.82) is 0 Å². The van der Waals surface area contributed by atoms with Crippen molar-refractivity contribution in [2.24, 2.45) is 17.4 Å². The number of aryl methyl sites for hydroxylation is 1. The van der Waals surface area contributed by atoms with Crippen molar-refractivity contribution < 1.29 is 18.7 Å². The zero-order valence-electron chi connectivity index (χ0n) is 16.1. The van der Waals surface area contributed by atoms with Crippen LogP contribution in [0.2, 0.25) is 0 Å². The third-order valence-corrected chi connectivity index (χ3v) is 4.57. The van der Waals surface area contributed by atoms with E-state index < -0.39 is 17.7 Å². The molecule has 0 atom stereocenters. The molecule has 0 spiro atoms. The average Bonchev–Trinajstić information content (AvgIpc) is 3.08. The van der Waals surface area contributed by atoms with Gasteiger partial charge in [0, 0.05) is 12.0 Å². The first-order chi connectivity index (χ1) is 13.9. The second-order valence-electron chi connectivity index (χ2n) is 6.69. The molecule has 3 rings (SSSR count). The van der Waals surface area contributed by atoms with E-state index >= 15 is 0 Å². The molecule has 1 aromatic heterocycles. The lowest BCUT2D eigenvalue weighted by atomic mass is 9.98. The molecule has 2 amide bonds. The largest absolute Gasteiger partial charge is 0.493 e. The van der Waals surface area contributed by atoms with Crippen LogP contribution >= 0.6 is 0 Å². The van der Waals surface area contributed by atoms with Gasteiger partial charge >= 0.3 is 0 Å². The minimum Gasteiger partial charge on any atom is -0.493 e. The molecule has 29 heavy (non-hydrogen) atoms. The monoisotopic (exact) mass is 393 g/mol. The van der Waals surface area contributed by atoms with E-state index in [0.717, 1.165) is 22.6 Å². The number of hydrogen-bond acceptors (Lipinski definition) is 5. The molecular formula is C22H23N3O4. The lowest BCUT2D eigenvalue weighted by Crippen LogP contribution is -2.36. The summed E-state index contributed by atoms with van der Waals surface area (Å²) >= 11 is 0. The van der Waals surface area contributed by atoms with Gasteiger partial charge in [-0.05, 0) is 43.2 Å². The van der Waals surface area contributed by atoms with Crippen molar-refractivity contribution >= 4 is 11.8 Å². The van der Waals surface area contributed by atoms with Crippen LogP contribution in [0.1, 0.15) is 17.0 Å². The molecule has 0 unspecified atom stereocenters. The van der Waals surface area contributed by atoms with E-state index in [1.54, 1.807) is 24.3 Å². The van der Waals surface area contributed by atoms with Crippen molar-refractivity contribution in [2.45, 2.75) is 19.8 Å². The molecule has 0 saturated heterocycles. The molecule has 4 N–H and O–H groups in total. The molecule has 0 aliphatic heterocycles. The Balaban J connectivity index is 1.55. The van der Waals surface area contributed by atoms with Gasteiger partial charge in [0.2, 0.25) is 17.7 Å². The van der Waals surface area contributed by atoms with Crippen LogP contribution in [0.15, 0.2) is 59.0 Å². The zero-order chi connectivity index (χ0) is 20.8. The summed E-state index contributed by atoms with van der Waals surface area (Å²) < 4.78 is 11.5. The van der Waals surface area contributed by atoms with Gasteiger partial charge in [-0.1, -0.05) is 30.3 Å². The Morgan fingerprint density at radius 1 is 1.03 bits per heavy atom. The number of carbonyl (C=O) groups excluding carboxylic acids is 2. The van der Waals surface area contributed by atoms with E-state index in [0.29, 0.717) is 24.7 Å². The fraction of sp³-hybridized carbons (Fsp3) is 0.227. The Morgan fingerprint density at radius 3 is 2.31 bits per heavy atom. The van der Waals surface area contributed by atoms with Gasteiger partial charge in [0.15, 0.2) is 0 Å². The fourth-order valence-electron chi connectivity index (χ4n) is 2.93. The van der Waals surface area contributed by atoms with E-state index in [-0.39, 0.29) is 6.42 Å². The summed E-state index contributed by atoms with van der Waals surface area (Å²) in [6.45, 7) is 2.32. The maximum Gasteiger partial charge on any atom is 0.230 e. The number of carbonyl (C=O) groups is 2. The zero-order valence-corrected chi connectivity index (χ0v) is 16.1. The Kier molecular flexibility index (Phi) is 6.29. The highest BCUT2D eigenvalue weighted by molar-refractivity contribution is 5.99. The molecule has 0 bridgehead atoms. The molecule has 0 aliphatic rings. The van der Waals surface area contributed by atoms with Crippen LogP contribution in [0, 0.1) is 12.8 Å². The molecule has 0 aliphatic carbocycles. The van der Waals surface area contributed by atoms with Crippen LogP contribution in [-0.2, 0) is 22.4 Å². The van der Waals surface area contributed by atoms with E-state index in [9.17, 15) is 9.59 Å². The van der Waals surface area contributed by atoms with Crippen LogP contribution < -0.4 is 16.2 Å². The van der Waals surface area contributed by atoms with Gasteiger partial charge < -0.3 is 20.6 Å². The maximum atomic E-state index is 11.3. The van der Waals surface area contributed by atoms with E-state index in [2.05, 4.69) is 4.98 Å². The first kappa shape index (κ1) is 20.1. The average molecular weight is 393 g/mol. The highest BCUT2D eigenvalue weighted by atomic mass is 16.5. The van der Waals surface area contributed by atoms with Gasteiger partial charge in [0.1, 0.15) is 17.4 Å². The highest BCUT2D eigenvalue weighted by Gasteiger charge is 2.22. The van der Waals surface area contributed by atoms with Crippen LogP contribution in [0.5, 0.6) is 5.75 Å².